The Hall–Kier alpha value is -1.19. The van der Waals surface area contributed by atoms with Crippen LogP contribution in [0.5, 0.6) is 0 Å². The Labute approximate surface area is 93.2 Å². The first kappa shape index (κ1) is 10.9. The molecule has 0 spiro atoms. The lowest BCUT2D eigenvalue weighted by molar-refractivity contribution is 1.63. The van der Waals surface area contributed by atoms with Crippen LogP contribution in [0.1, 0.15) is 5.56 Å². The third-order valence-corrected chi connectivity index (χ3v) is 2.35. The van der Waals surface area contributed by atoms with E-state index in [0.717, 1.165) is 5.56 Å². The Bertz CT molecular complexity index is 337. The number of hydrogen-bond donors (Lipinski definition) is 1. The zero-order chi connectivity index (χ0) is 10.2. The Morgan fingerprint density at radius 3 is 1.86 bits per heavy atom. The van der Waals surface area contributed by atoms with Gasteiger partial charge in [-0.05, 0) is 10.8 Å². The van der Waals surface area contributed by atoms with Crippen LogP contribution in [0.3, 0.4) is 0 Å². The van der Waals surface area contributed by atoms with Crippen LogP contribution in [0.4, 0.5) is 0 Å². The first-order valence-electron chi connectivity index (χ1n) is 4.12. The topological polar surface area (TPSA) is 26.0 Å². The molecule has 0 saturated carbocycles. The molecule has 1 heterocycles. The summed E-state index contributed by atoms with van der Waals surface area (Å²) in [4.78, 5) is 0.454. The summed E-state index contributed by atoms with van der Waals surface area (Å²) in [5.41, 5.74) is 6.27. The van der Waals surface area contributed by atoms with E-state index in [1.165, 1.54) is 0 Å². The van der Waals surface area contributed by atoms with Gasteiger partial charge in [0.2, 0.25) is 0 Å². The molecule has 2 aromatic rings. The molecule has 0 aliphatic heterocycles. The van der Waals surface area contributed by atoms with Gasteiger partial charge in [0.05, 0.1) is 0 Å². The molecule has 2 rings (SSSR count). The Morgan fingerprint density at radius 1 is 1.00 bits per heavy atom. The van der Waals surface area contributed by atoms with Gasteiger partial charge in [-0.1, -0.05) is 54.7 Å². The monoisotopic (exact) mass is 221 g/mol. The maximum absolute atomic E-state index is 5.35. The normalized spacial score (nSPS) is 8.57. The summed E-state index contributed by atoms with van der Waals surface area (Å²) in [7, 11) is 0. The van der Waals surface area contributed by atoms with Crippen LogP contribution >= 0.6 is 23.6 Å². The Kier molecular flexibility index (Phi) is 4.89. The number of benzene rings is 1. The van der Waals surface area contributed by atoms with Gasteiger partial charge < -0.3 is 5.73 Å². The minimum absolute atomic E-state index is 0.454. The predicted molar refractivity (Wildman–Crippen MR) is 66.6 cm³/mol. The van der Waals surface area contributed by atoms with Gasteiger partial charge in [0.1, 0.15) is 4.99 Å². The molecule has 1 aromatic carbocycles. The summed E-state index contributed by atoms with van der Waals surface area (Å²) in [5.74, 6) is 0. The van der Waals surface area contributed by atoms with Gasteiger partial charge in [-0.25, -0.2) is 0 Å². The lowest BCUT2D eigenvalue weighted by Gasteiger charge is -1.92. The Balaban J connectivity index is 0.000000165. The van der Waals surface area contributed by atoms with E-state index >= 15 is 0 Å². The first-order valence-corrected chi connectivity index (χ1v) is 5.48. The van der Waals surface area contributed by atoms with E-state index < -0.39 is 0 Å². The molecule has 0 unspecified atom stereocenters. The molecule has 72 valence electrons. The standard InChI is InChI=1S/C7H7NS.C4H4S/c8-7(9)6-4-2-1-3-5-6;1-2-4-5-3-1/h1-5H,(H2,8,9);1-4H. The van der Waals surface area contributed by atoms with Crippen molar-refractivity contribution in [1.82, 2.24) is 0 Å². The van der Waals surface area contributed by atoms with Crippen LogP contribution < -0.4 is 5.73 Å². The lowest BCUT2D eigenvalue weighted by atomic mass is 10.2. The quantitative estimate of drug-likeness (QED) is 0.749. The van der Waals surface area contributed by atoms with Crippen molar-refractivity contribution in [3.8, 4) is 0 Å². The maximum Gasteiger partial charge on any atom is 0.103 e. The van der Waals surface area contributed by atoms with E-state index in [0.29, 0.717) is 4.99 Å². The van der Waals surface area contributed by atoms with Crippen molar-refractivity contribution in [2.75, 3.05) is 0 Å². The molecule has 0 fully saturated rings. The van der Waals surface area contributed by atoms with E-state index in [2.05, 4.69) is 0 Å². The zero-order valence-electron chi connectivity index (χ0n) is 7.59. The molecule has 0 radical (unpaired) electrons. The number of thiocarbonyl (C=S) groups is 1. The average Bonchev–Trinajstić information content (AvgIpc) is 2.77. The first-order chi connectivity index (χ1) is 6.80. The molecular formula is C11H11NS2. The van der Waals surface area contributed by atoms with Gasteiger partial charge >= 0.3 is 0 Å². The molecule has 3 heteroatoms. The molecule has 0 bridgehead atoms. The van der Waals surface area contributed by atoms with Gasteiger partial charge in [0.25, 0.3) is 0 Å². The SMILES string of the molecule is NC(=S)c1ccccc1.c1ccsc1. The molecule has 1 aromatic heterocycles. The predicted octanol–water partition coefficient (Wildman–Crippen LogP) is 3.07. The van der Waals surface area contributed by atoms with Crippen molar-refractivity contribution in [2.24, 2.45) is 5.73 Å². The van der Waals surface area contributed by atoms with Crippen molar-refractivity contribution >= 4 is 28.5 Å². The smallest absolute Gasteiger partial charge is 0.103 e. The number of thiophene rings is 1. The largest absolute Gasteiger partial charge is 0.389 e. The lowest BCUT2D eigenvalue weighted by Crippen LogP contribution is -2.08. The molecule has 0 amide bonds. The summed E-state index contributed by atoms with van der Waals surface area (Å²) >= 11 is 6.45. The molecule has 0 saturated heterocycles. The maximum atomic E-state index is 5.35. The molecule has 2 N–H and O–H groups in total. The number of nitrogens with two attached hydrogens (primary N) is 1. The van der Waals surface area contributed by atoms with E-state index in [9.17, 15) is 0 Å². The third-order valence-electron chi connectivity index (χ3n) is 1.48. The highest BCUT2D eigenvalue weighted by Crippen LogP contribution is 1.96. The fraction of sp³-hybridized carbons (Fsp3) is 0. The van der Waals surface area contributed by atoms with Crippen molar-refractivity contribution in [3.05, 3.63) is 58.8 Å². The van der Waals surface area contributed by atoms with Crippen LogP contribution in [0.2, 0.25) is 0 Å². The van der Waals surface area contributed by atoms with Crippen LogP contribution in [-0.2, 0) is 0 Å². The Morgan fingerprint density at radius 2 is 1.57 bits per heavy atom. The fourth-order valence-electron chi connectivity index (χ4n) is 0.829. The minimum Gasteiger partial charge on any atom is -0.389 e. The van der Waals surface area contributed by atoms with Crippen molar-refractivity contribution < 1.29 is 0 Å². The molecule has 0 aliphatic rings. The summed E-state index contributed by atoms with van der Waals surface area (Å²) in [6.07, 6.45) is 0. The van der Waals surface area contributed by atoms with E-state index in [1.807, 2.05) is 53.2 Å². The van der Waals surface area contributed by atoms with Gasteiger partial charge in [-0.15, -0.1) is 0 Å². The van der Waals surface area contributed by atoms with E-state index in [1.54, 1.807) is 11.3 Å². The average molecular weight is 221 g/mol. The third kappa shape index (κ3) is 4.16. The second-order valence-corrected chi connectivity index (χ2v) is 3.78. The fourth-order valence-corrected chi connectivity index (χ4v) is 1.42. The highest BCUT2D eigenvalue weighted by Gasteiger charge is 1.89. The molecule has 0 aliphatic carbocycles. The van der Waals surface area contributed by atoms with Gasteiger partial charge in [-0.2, -0.15) is 11.3 Å². The number of rotatable bonds is 1. The van der Waals surface area contributed by atoms with Gasteiger partial charge in [0, 0.05) is 5.56 Å². The zero-order valence-corrected chi connectivity index (χ0v) is 9.22. The van der Waals surface area contributed by atoms with Crippen LogP contribution in [-0.4, -0.2) is 4.99 Å². The summed E-state index contributed by atoms with van der Waals surface area (Å²) in [5, 5.41) is 4.08. The van der Waals surface area contributed by atoms with Crippen molar-refractivity contribution in [3.63, 3.8) is 0 Å². The second kappa shape index (κ2) is 6.29. The molecule has 0 atom stereocenters. The number of hydrogen-bond acceptors (Lipinski definition) is 2. The summed E-state index contributed by atoms with van der Waals surface area (Å²) < 4.78 is 0. The van der Waals surface area contributed by atoms with Crippen molar-refractivity contribution in [2.45, 2.75) is 0 Å². The van der Waals surface area contributed by atoms with Crippen LogP contribution in [0.15, 0.2) is 53.2 Å². The summed E-state index contributed by atoms with van der Waals surface area (Å²) in [6.45, 7) is 0. The van der Waals surface area contributed by atoms with Gasteiger partial charge in [0.15, 0.2) is 0 Å². The molecular weight excluding hydrogens is 210 g/mol. The molecule has 1 nitrogen and oxygen atoms in total. The van der Waals surface area contributed by atoms with E-state index in [4.69, 9.17) is 18.0 Å². The van der Waals surface area contributed by atoms with Crippen molar-refractivity contribution in [1.29, 1.82) is 0 Å². The van der Waals surface area contributed by atoms with E-state index in [-0.39, 0.29) is 0 Å². The van der Waals surface area contributed by atoms with Crippen LogP contribution in [0.25, 0.3) is 0 Å². The van der Waals surface area contributed by atoms with Gasteiger partial charge in [-0.3, -0.25) is 0 Å². The minimum atomic E-state index is 0.454. The molecule has 14 heavy (non-hydrogen) atoms. The van der Waals surface area contributed by atoms with Crippen LogP contribution in [0, 0.1) is 0 Å². The second-order valence-electron chi connectivity index (χ2n) is 2.52. The highest BCUT2D eigenvalue weighted by molar-refractivity contribution is 7.80. The highest BCUT2D eigenvalue weighted by atomic mass is 32.1. The summed E-state index contributed by atoms with van der Waals surface area (Å²) in [6, 6.07) is 13.6.